The summed E-state index contributed by atoms with van der Waals surface area (Å²) in [5.74, 6) is -0.243. The first kappa shape index (κ1) is 29.9. The van der Waals surface area contributed by atoms with Crippen LogP contribution in [-0.4, -0.2) is 17.3 Å². The molecule has 3 heteroatoms. The molecular weight excluding hydrogens is 444 g/mol. The zero-order valence-electron chi connectivity index (χ0n) is 24.5. The smallest absolute Gasteiger partial charge is 0.155 e. The third-order valence-corrected chi connectivity index (χ3v) is 8.62. The largest absolute Gasteiger partial charge is 0.299 e. The molecule has 0 N–H and O–H groups in total. The zero-order valence-corrected chi connectivity index (χ0v) is 24.5. The monoisotopic (exact) mass is 492 g/mol. The molecule has 1 aliphatic rings. The van der Waals surface area contributed by atoms with Crippen molar-refractivity contribution in [3.8, 4) is 0 Å². The van der Waals surface area contributed by atoms with Crippen LogP contribution in [0.3, 0.4) is 0 Å². The van der Waals surface area contributed by atoms with Crippen molar-refractivity contribution in [2.24, 2.45) is 34.5 Å². The van der Waals surface area contributed by atoms with E-state index in [2.05, 4.69) is 78.8 Å². The Morgan fingerprint density at radius 2 is 1.56 bits per heavy atom. The van der Waals surface area contributed by atoms with Crippen molar-refractivity contribution in [2.75, 3.05) is 0 Å². The average molecular weight is 493 g/mol. The van der Waals surface area contributed by atoms with Crippen LogP contribution < -0.4 is 0 Å². The van der Waals surface area contributed by atoms with Crippen molar-refractivity contribution in [1.82, 2.24) is 0 Å². The van der Waals surface area contributed by atoms with Gasteiger partial charge in [-0.15, -0.1) is 0 Å². The number of allylic oxidation sites excluding steroid dienone is 4. The molecule has 0 radical (unpaired) electrons. The molecule has 5 atom stereocenters. The van der Waals surface area contributed by atoms with Gasteiger partial charge in [-0.25, -0.2) is 0 Å². The van der Waals surface area contributed by atoms with E-state index in [9.17, 15) is 14.4 Å². The minimum absolute atomic E-state index is 0.0224. The Labute approximate surface area is 219 Å². The fraction of sp³-hybridized carbons (Fsp3) is 0.606. The lowest BCUT2D eigenvalue weighted by molar-refractivity contribution is -0.137. The highest BCUT2D eigenvalue weighted by Gasteiger charge is 2.43. The molecule has 0 bridgehead atoms. The fourth-order valence-electron chi connectivity index (χ4n) is 5.87. The molecule has 0 aromatic heterocycles. The van der Waals surface area contributed by atoms with Crippen LogP contribution in [-0.2, 0) is 14.4 Å². The number of hydrogen-bond acceptors (Lipinski definition) is 3. The summed E-state index contributed by atoms with van der Waals surface area (Å²) in [6.45, 7) is 22.1. The van der Waals surface area contributed by atoms with Crippen LogP contribution in [0.25, 0.3) is 5.57 Å². The first-order valence-corrected chi connectivity index (χ1v) is 13.6. The highest BCUT2D eigenvalue weighted by atomic mass is 16.1. The van der Waals surface area contributed by atoms with Gasteiger partial charge in [0.25, 0.3) is 0 Å². The lowest BCUT2D eigenvalue weighted by Gasteiger charge is -2.38. The van der Waals surface area contributed by atoms with Crippen LogP contribution >= 0.6 is 0 Å². The molecule has 3 nitrogen and oxygen atoms in total. The maximum absolute atomic E-state index is 14.0. The Morgan fingerprint density at radius 3 is 2.08 bits per heavy atom. The van der Waals surface area contributed by atoms with Crippen LogP contribution in [0.5, 0.6) is 0 Å². The van der Waals surface area contributed by atoms with Gasteiger partial charge in [0.2, 0.25) is 0 Å². The van der Waals surface area contributed by atoms with E-state index >= 15 is 0 Å². The molecule has 0 saturated heterocycles. The van der Waals surface area contributed by atoms with E-state index < -0.39 is 0 Å². The van der Waals surface area contributed by atoms with Gasteiger partial charge in [-0.05, 0) is 59.3 Å². The van der Waals surface area contributed by atoms with E-state index in [0.29, 0.717) is 11.5 Å². The minimum atomic E-state index is -0.373. The molecule has 0 fully saturated rings. The normalized spacial score (nSPS) is 19.7. The lowest BCUT2D eigenvalue weighted by Crippen LogP contribution is -2.39. The highest BCUT2D eigenvalue weighted by Crippen LogP contribution is 2.50. The fourth-order valence-corrected chi connectivity index (χ4v) is 5.87. The molecule has 198 valence electrons. The summed E-state index contributed by atoms with van der Waals surface area (Å²) in [7, 11) is 0. The molecular formula is C33H48O3. The van der Waals surface area contributed by atoms with Gasteiger partial charge in [0, 0.05) is 30.1 Å². The summed E-state index contributed by atoms with van der Waals surface area (Å²) >= 11 is 0. The maximum atomic E-state index is 14.0. The van der Waals surface area contributed by atoms with E-state index in [0.717, 1.165) is 6.42 Å². The molecule has 0 spiro atoms. The van der Waals surface area contributed by atoms with Gasteiger partial charge in [0.1, 0.15) is 11.6 Å². The van der Waals surface area contributed by atoms with Crippen LogP contribution in [0, 0.1) is 34.5 Å². The van der Waals surface area contributed by atoms with Crippen LogP contribution in [0.2, 0.25) is 0 Å². The van der Waals surface area contributed by atoms with Crippen molar-refractivity contribution in [1.29, 1.82) is 0 Å². The predicted molar refractivity (Wildman–Crippen MR) is 151 cm³/mol. The molecule has 5 unspecified atom stereocenters. The van der Waals surface area contributed by atoms with E-state index in [1.807, 2.05) is 19.9 Å². The van der Waals surface area contributed by atoms with Gasteiger partial charge < -0.3 is 0 Å². The molecule has 0 saturated carbocycles. The number of fused-ring (bicyclic) bond motifs is 1. The van der Waals surface area contributed by atoms with E-state index in [1.54, 1.807) is 13.8 Å². The standard InChI is InChI=1S/C33H48O3/c1-12-27(33(10,11)28-18-22(4)25-15-13-14-16-26(25)28)30(35)19-29(32(7,8)9)31(36)23(5)20(2)17-21(3)24(6)34/h13-18,20,22-23,27,29H,12,19H2,1-11H3/b21-17+. The molecule has 1 aliphatic carbocycles. The summed E-state index contributed by atoms with van der Waals surface area (Å²) < 4.78 is 0. The van der Waals surface area contributed by atoms with Gasteiger partial charge in [0.15, 0.2) is 5.78 Å². The van der Waals surface area contributed by atoms with Crippen molar-refractivity contribution in [3.63, 3.8) is 0 Å². The first-order chi connectivity index (χ1) is 16.5. The summed E-state index contributed by atoms with van der Waals surface area (Å²) in [5.41, 5.74) is 3.82. The highest BCUT2D eigenvalue weighted by molar-refractivity contribution is 5.94. The molecule has 0 heterocycles. The Balaban J connectivity index is 2.34. The van der Waals surface area contributed by atoms with E-state index in [1.165, 1.54) is 16.7 Å². The summed E-state index contributed by atoms with van der Waals surface area (Å²) in [5, 5.41) is 0. The second kappa shape index (κ2) is 11.4. The number of hydrogen-bond donors (Lipinski definition) is 0. The first-order valence-electron chi connectivity index (χ1n) is 13.6. The topological polar surface area (TPSA) is 51.2 Å². The average Bonchev–Trinajstić information content (AvgIpc) is 3.13. The molecule has 1 aromatic carbocycles. The van der Waals surface area contributed by atoms with Gasteiger partial charge in [-0.1, -0.05) is 98.7 Å². The van der Waals surface area contributed by atoms with E-state index in [-0.39, 0.29) is 58.3 Å². The summed E-state index contributed by atoms with van der Waals surface area (Å²) in [4.78, 5) is 39.4. The number of carbonyl (C=O) groups excluding carboxylic acids is 3. The van der Waals surface area contributed by atoms with Gasteiger partial charge in [-0.3, -0.25) is 14.4 Å². The number of carbonyl (C=O) groups is 3. The van der Waals surface area contributed by atoms with Crippen molar-refractivity contribution >= 4 is 22.9 Å². The molecule has 36 heavy (non-hydrogen) atoms. The Bertz CT molecular complexity index is 1050. The van der Waals surface area contributed by atoms with E-state index in [4.69, 9.17) is 0 Å². The quantitative estimate of drug-likeness (QED) is 0.292. The van der Waals surface area contributed by atoms with Gasteiger partial charge in [0.05, 0.1) is 0 Å². The Morgan fingerprint density at radius 1 is 0.972 bits per heavy atom. The lowest BCUT2D eigenvalue weighted by atomic mass is 9.64. The SMILES string of the molecule is CCC(C(=O)CC(C(=O)C(C)C(C)/C=C(\C)C(C)=O)C(C)(C)C)C(C)(C)C1=CC(C)c2ccccc21. The third kappa shape index (κ3) is 6.33. The predicted octanol–water partition coefficient (Wildman–Crippen LogP) is 8.24. The Hall–Kier alpha value is -2.29. The Kier molecular flexibility index (Phi) is 9.48. The zero-order chi connectivity index (χ0) is 27.6. The third-order valence-electron chi connectivity index (χ3n) is 8.62. The van der Waals surface area contributed by atoms with Crippen LogP contribution in [0.1, 0.15) is 106 Å². The summed E-state index contributed by atoms with van der Waals surface area (Å²) in [6.07, 6.45) is 5.20. The number of rotatable bonds is 11. The van der Waals surface area contributed by atoms with Gasteiger partial charge in [-0.2, -0.15) is 0 Å². The van der Waals surface area contributed by atoms with Crippen LogP contribution in [0.4, 0.5) is 0 Å². The van der Waals surface area contributed by atoms with Crippen molar-refractivity contribution in [3.05, 3.63) is 53.1 Å². The second-order valence-corrected chi connectivity index (χ2v) is 12.7. The number of ketones is 3. The maximum Gasteiger partial charge on any atom is 0.155 e. The minimum Gasteiger partial charge on any atom is -0.299 e. The molecule has 2 rings (SSSR count). The second-order valence-electron chi connectivity index (χ2n) is 12.7. The van der Waals surface area contributed by atoms with Crippen molar-refractivity contribution < 1.29 is 14.4 Å². The summed E-state index contributed by atoms with van der Waals surface area (Å²) in [6, 6.07) is 8.51. The van der Waals surface area contributed by atoms with Gasteiger partial charge >= 0.3 is 0 Å². The molecule has 1 aromatic rings. The number of benzene rings is 1. The van der Waals surface area contributed by atoms with Crippen LogP contribution in [0.15, 0.2) is 42.0 Å². The van der Waals surface area contributed by atoms with Crippen molar-refractivity contribution in [2.45, 2.75) is 94.9 Å². The molecule has 0 amide bonds. The molecule has 0 aliphatic heterocycles. The number of Topliss-reactive ketones (excluding diaryl/α,β-unsaturated/α-hetero) is 3.